The topological polar surface area (TPSA) is 46.3 Å². The monoisotopic (exact) mass is 296 g/mol. The van der Waals surface area contributed by atoms with Gasteiger partial charge in [0.05, 0.1) is 0 Å². The van der Waals surface area contributed by atoms with Crippen molar-refractivity contribution in [1.29, 1.82) is 0 Å². The molecule has 0 fully saturated rings. The highest BCUT2D eigenvalue weighted by Crippen LogP contribution is 2.18. The van der Waals surface area contributed by atoms with Crippen LogP contribution in [0.25, 0.3) is 0 Å². The molecular formula is C16H28N2OS. The first-order valence-corrected chi connectivity index (χ1v) is 8.30. The first-order valence-electron chi connectivity index (χ1n) is 7.42. The number of nitrogens with two attached hydrogens (primary N) is 1. The minimum atomic E-state index is 0.213. The van der Waals surface area contributed by atoms with Crippen molar-refractivity contribution >= 4 is 17.2 Å². The molecule has 1 heterocycles. The van der Waals surface area contributed by atoms with Crippen LogP contribution in [0.5, 0.6) is 0 Å². The van der Waals surface area contributed by atoms with Crippen LogP contribution in [0.15, 0.2) is 17.5 Å². The van der Waals surface area contributed by atoms with Gasteiger partial charge < -0.3 is 10.6 Å². The fourth-order valence-corrected chi connectivity index (χ4v) is 3.25. The van der Waals surface area contributed by atoms with Gasteiger partial charge in [0.25, 0.3) is 0 Å². The van der Waals surface area contributed by atoms with Crippen LogP contribution in [0.1, 0.15) is 38.5 Å². The third-order valence-corrected chi connectivity index (χ3v) is 4.63. The predicted octanol–water partition coefficient (Wildman–Crippen LogP) is 3.15. The summed E-state index contributed by atoms with van der Waals surface area (Å²) in [5.41, 5.74) is 5.79. The molecule has 1 aromatic heterocycles. The number of hydrogen-bond acceptors (Lipinski definition) is 3. The van der Waals surface area contributed by atoms with Crippen LogP contribution >= 0.6 is 11.3 Å². The van der Waals surface area contributed by atoms with Crippen LogP contribution in [-0.2, 0) is 11.2 Å². The van der Waals surface area contributed by atoms with E-state index in [1.807, 2.05) is 11.9 Å². The first kappa shape index (κ1) is 17.2. The Balaban J connectivity index is 2.48. The number of carbonyl (C=O) groups excluding carboxylic acids is 1. The van der Waals surface area contributed by atoms with Crippen molar-refractivity contribution in [2.45, 2.75) is 46.1 Å². The number of carbonyl (C=O) groups is 1. The summed E-state index contributed by atoms with van der Waals surface area (Å²) in [5.74, 6) is 1.11. The van der Waals surface area contributed by atoms with E-state index in [4.69, 9.17) is 5.73 Å². The molecule has 0 aliphatic heterocycles. The Morgan fingerprint density at radius 2 is 2.10 bits per heavy atom. The lowest BCUT2D eigenvalue weighted by Crippen LogP contribution is -2.38. The number of rotatable bonds is 8. The van der Waals surface area contributed by atoms with Crippen molar-refractivity contribution in [1.82, 2.24) is 4.90 Å². The standard InChI is InChI=1S/C16H28N2OS/c1-12(2)8-14(11-17)10-16(19)18(4)13(3)9-15-6-5-7-20-15/h5-7,12-14H,8-11,17H2,1-4H3. The van der Waals surface area contributed by atoms with Gasteiger partial charge in [0.15, 0.2) is 0 Å². The molecule has 2 N–H and O–H groups in total. The molecule has 0 aliphatic carbocycles. The summed E-state index contributed by atoms with van der Waals surface area (Å²) in [4.78, 5) is 15.5. The van der Waals surface area contributed by atoms with Crippen molar-refractivity contribution in [3.05, 3.63) is 22.4 Å². The van der Waals surface area contributed by atoms with E-state index < -0.39 is 0 Å². The highest BCUT2D eigenvalue weighted by Gasteiger charge is 2.20. The van der Waals surface area contributed by atoms with E-state index in [9.17, 15) is 4.79 Å². The lowest BCUT2D eigenvalue weighted by Gasteiger charge is -2.27. The number of nitrogens with zero attached hydrogens (tertiary/aromatic N) is 1. The first-order chi connectivity index (χ1) is 9.43. The average Bonchev–Trinajstić information content (AvgIpc) is 2.89. The Hall–Kier alpha value is -0.870. The van der Waals surface area contributed by atoms with Gasteiger partial charge in [-0.3, -0.25) is 4.79 Å². The van der Waals surface area contributed by atoms with Crippen LogP contribution in [0.3, 0.4) is 0 Å². The van der Waals surface area contributed by atoms with Gasteiger partial charge in [0.2, 0.25) is 5.91 Å². The summed E-state index contributed by atoms with van der Waals surface area (Å²) in [6.07, 6.45) is 2.52. The van der Waals surface area contributed by atoms with Crippen molar-refractivity contribution < 1.29 is 4.79 Å². The second kappa shape index (κ2) is 8.42. The van der Waals surface area contributed by atoms with E-state index in [1.165, 1.54) is 4.88 Å². The molecule has 2 atom stereocenters. The molecule has 0 saturated carbocycles. The minimum Gasteiger partial charge on any atom is -0.343 e. The summed E-state index contributed by atoms with van der Waals surface area (Å²) < 4.78 is 0. The lowest BCUT2D eigenvalue weighted by molar-refractivity contribution is -0.132. The Morgan fingerprint density at radius 3 is 2.60 bits per heavy atom. The van der Waals surface area contributed by atoms with Crippen LogP contribution in [-0.4, -0.2) is 30.4 Å². The van der Waals surface area contributed by atoms with Crippen molar-refractivity contribution in [2.24, 2.45) is 17.6 Å². The average molecular weight is 296 g/mol. The van der Waals surface area contributed by atoms with Crippen LogP contribution in [0, 0.1) is 11.8 Å². The maximum absolute atomic E-state index is 12.3. The Bertz CT molecular complexity index is 389. The Kier molecular flexibility index (Phi) is 7.24. The van der Waals surface area contributed by atoms with E-state index in [2.05, 4.69) is 38.3 Å². The normalized spacial score (nSPS) is 14.3. The molecular weight excluding hydrogens is 268 g/mol. The van der Waals surface area contributed by atoms with Gasteiger partial charge >= 0.3 is 0 Å². The molecule has 20 heavy (non-hydrogen) atoms. The largest absolute Gasteiger partial charge is 0.343 e. The Morgan fingerprint density at radius 1 is 1.40 bits per heavy atom. The maximum atomic E-state index is 12.3. The molecule has 1 amide bonds. The smallest absolute Gasteiger partial charge is 0.222 e. The van der Waals surface area contributed by atoms with Crippen LogP contribution in [0.2, 0.25) is 0 Å². The molecule has 0 spiro atoms. The van der Waals surface area contributed by atoms with E-state index in [0.29, 0.717) is 24.8 Å². The van der Waals surface area contributed by atoms with E-state index >= 15 is 0 Å². The summed E-state index contributed by atoms with van der Waals surface area (Å²) in [5, 5.41) is 2.08. The predicted molar refractivity (Wildman–Crippen MR) is 86.9 cm³/mol. The molecule has 114 valence electrons. The molecule has 1 aromatic rings. The molecule has 1 rings (SSSR count). The van der Waals surface area contributed by atoms with Gasteiger partial charge in [-0.1, -0.05) is 19.9 Å². The second-order valence-corrected chi connectivity index (χ2v) is 7.10. The number of likely N-dealkylation sites (N-methyl/N-ethyl adjacent to an activating group) is 1. The van der Waals surface area contributed by atoms with Gasteiger partial charge in [0.1, 0.15) is 0 Å². The molecule has 0 radical (unpaired) electrons. The fourth-order valence-electron chi connectivity index (χ4n) is 2.42. The Labute approximate surface area is 127 Å². The van der Waals surface area contributed by atoms with Gasteiger partial charge in [-0.2, -0.15) is 0 Å². The van der Waals surface area contributed by atoms with E-state index in [1.54, 1.807) is 11.3 Å². The molecule has 0 saturated heterocycles. The molecule has 4 heteroatoms. The molecule has 0 aliphatic rings. The van der Waals surface area contributed by atoms with Crippen molar-refractivity contribution in [2.75, 3.05) is 13.6 Å². The minimum absolute atomic E-state index is 0.213. The molecule has 2 unspecified atom stereocenters. The second-order valence-electron chi connectivity index (χ2n) is 6.07. The molecule has 0 bridgehead atoms. The summed E-state index contributed by atoms with van der Waals surface area (Å²) >= 11 is 1.75. The van der Waals surface area contributed by atoms with Gasteiger partial charge in [0, 0.05) is 30.8 Å². The zero-order chi connectivity index (χ0) is 15.1. The van der Waals surface area contributed by atoms with E-state index in [-0.39, 0.29) is 11.9 Å². The summed E-state index contributed by atoms with van der Waals surface area (Å²) in [6.45, 7) is 7.06. The number of hydrogen-bond donors (Lipinski definition) is 1. The quantitative estimate of drug-likeness (QED) is 0.801. The fraction of sp³-hybridized carbons (Fsp3) is 0.688. The van der Waals surface area contributed by atoms with Crippen molar-refractivity contribution in [3.8, 4) is 0 Å². The van der Waals surface area contributed by atoms with E-state index in [0.717, 1.165) is 12.8 Å². The number of amides is 1. The zero-order valence-corrected chi connectivity index (χ0v) is 14.0. The third kappa shape index (κ3) is 5.63. The van der Waals surface area contributed by atoms with Crippen LogP contribution in [0.4, 0.5) is 0 Å². The van der Waals surface area contributed by atoms with Gasteiger partial charge in [-0.15, -0.1) is 11.3 Å². The summed E-state index contributed by atoms with van der Waals surface area (Å²) in [7, 11) is 1.91. The highest BCUT2D eigenvalue weighted by atomic mass is 32.1. The molecule has 0 aromatic carbocycles. The third-order valence-electron chi connectivity index (χ3n) is 3.73. The molecule has 3 nitrogen and oxygen atoms in total. The van der Waals surface area contributed by atoms with Gasteiger partial charge in [-0.05, 0) is 43.2 Å². The maximum Gasteiger partial charge on any atom is 0.222 e. The lowest BCUT2D eigenvalue weighted by atomic mass is 9.93. The summed E-state index contributed by atoms with van der Waals surface area (Å²) in [6, 6.07) is 4.42. The van der Waals surface area contributed by atoms with Crippen molar-refractivity contribution in [3.63, 3.8) is 0 Å². The van der Waals surface area contributed by atoms with Crippen LogP contribution < -0.4 is 5.73 Å². The SMILES string of the molecule is CC(C)CC(CN)CC(=O)N(C)C(C)Cc1cccs1. The zero-order valence-electron chi connectivity index (χ0n) is 13.1. The van der Waals surface area contributed by atoms with Gasteiger partial charge in [-0.25, -0.2) is 0 Å². The highest BCUT2D eigenvalue weighted by molar-refractivity contribution is 7.09. The number of thiophene rings is 1.